The van der Waals surface area contributed by atoms with E-state index in [1.165, 1.54) is 5.56 Å². The fourth-order valence-electron chi connectivity index (χ4n) is 2.46. The molecular weight excluding hydrogens is 224 g/mol. The first-order valence-electron chi connectivity index (χ1n) is 6.56. The maximum Gasteiger partial charge on any atom is 0.194 e. The second kappa shape index (κ2) is 4.58. The van der Waals surface area contributed by atoms with Gasteiger partial charge in [0.05, 0.1) is 11.6 Å². The van der Waals surface area contributed by atoms with Crippen LogP contribution in [-0.2, 0) is 11.8 Å². The second-order valence-corrected chi connectivity index (χ2v) is 4.96. The molecule has 3 rings (SSSR count). The molecule has 0 aliphatic heterocycles. The normalized spacial score (nSPS) is 16.7. The first-order valence-corrected chi connectivity index (χ1v) is 6.56. The van der Waals surface area contributed by atoms with Crippen molar-refractivity contribution < 1.29 is 4.42 Å². The molecule has 1 aromatic heterocycles. The Hall–Kier alpha value is -1.61. The third-order valence-electron chi connectivity index (χ3n) is 3.70. The lowest BCUT2D eigenvalue weighted by Crippen LogP contribution is -2.06. The Morgan fingerprint density at radius 2 is 2.00 bits per heavy atom. The summed E-state index contributed by atoms with van der Waals surface area (Å²) in [6, 6.07) is 10.6. The molecule has 0 amide bonds. The van der Waals surface area contributed by atoms with Gasteiger partial charge in [0.25, 0.3) is 0 Å². The van der Waals surface area contributed by atoms with Crippen molar-refractivity contribution in [2.75, 3.05) is 6.54 Å². The van der Waals surface area contributed by atoms with Gasteiger partial charge in [-0.3, -0.25) is 0 Å². The highest BCUT2D eigenvalue weighted by atomic mass is 16.4. The van der Waals surface area contributed by atoms with Crippen molar-refractivity contribution in [3.63, 3.8) is 0 Å². The number of oxazole rings is 1. The van der Waals surface area contributed by atoms with Gasteiger partial charge in [-0.2, -0.15) is 0 Å². The molecule has 0 unspecified atom stereocenters. The van der Waals surface area contributed by atoms with E-state index in [9.17, 15) is 0 Å². The van der Waals surface area contributed by atoms with Gasteiger partial charge in [-0.15, -0.1) is 0 Å². The molecule has 2 N–H and O–H groups in total. The van der Waals surface area contributed by atoms with Crippen LogP contribution in [0.15, 0.2) is 40.9 Å². The van der Waals surface area contributed by atoms with Crippen LogP contribution in [0.2, 0.25) is 0 Å². The van der Waals surface area contributed by atoms with E-state index in [1.54, 1.807) is 0 Å². The van der Waals surface area contributed by atoms with Crippen molar-refractivity contribution >= 4 is 0 Å². The third-order valence-corrected chi connectivity index (χ3v) is 3.70. The summed E-state index contributed by atoms with van der Waals surface area (Å²) < 4.78 is 5.90. The molecule has 1 aliphatic rings. The zero-order valence-corrected chi connectivity index (χ0v) is 10.4. The van der Waals surface area contributed by atoms with Crippen molar-refractivity contribution in [3.8, 4) is 0 Å². The average molecular weight is 242 g/mol. The molecule has 1 saturated carbocycles. The number of aromatic nitrogens is 1. The maximum atomic E-state index is 5.90. The molecule has 1 fully saturated rings. The van der Waals surface area contributed by atoms with Gasteiger partial charge in [0.15, 0.2) is 5.89 Å². The molecule has 0 radical (unpaired) electrons. The quantitative estimate of drug-likeness (QED) is 0.877. The molecule has 0 bridgehead atoms. The molecule has 2 aromatic rings. The lowest BCUT2D eigenvalue weighted by molar-refractivity contribution is 0.429. The summed E-state index contributed by atoms with van der Waals surface area (Å²) in [5, 5.41) is 0. The molecule has 3 heteroatoms. The summed E-state index contributed by atoms with van der Waals surface area (Å²) in [4.78, 5) is 4.36. The molecule has 0 atom stereocenters. The van der Waals surface area contributed by atoms with E-state index in [-0.39, 0.29) is 5.41 Å². The fourth-order valence-corrected chi connectivity index (χ4v) is 2.46. The Bertz CT molecular complexity index is 514. The van der Waals surface area contributed by atoms with Gasteiger partial charge in [0.2, 0.25) is 0 Å². The summed E-state index contributed by atoms with van der Waals surface area (Å²) in [5.41, 5.74) is 6.93. The summed E-state index contributed by atoms with van der Waals surface area (Å²) in [5.74, 6) is 1.83. The predicted octanol–water partition coefficient (Wildman–Crippen LogP) is 2.65. The Morgan fingerprint density at radius 3 is 2.67 bits per heavy atom. The molecule has 3 nitrogen and oxygen atoms in total. The van der Waals surface area contributed by atoms with Gasteiger partial charge in [0.1, 0.15) is 5.76 Å². The minimum atomic E-state index is 0.0925. The Kier molecular flexibility index (Phi) is 2.92. The second-order valence-electron chi connectivity index (χ2n) is 4.96. The van der Waals surface area contributed by atoms with E-state index in [4.69, 9.17) is 10.2 Å². The van der Waals surface area contributed by atoms with Crippen LogP contribution in [-0.4, -0.2) is 11.5 Å². The SMILES string of the molecule is NCCCc1ncc(C2(c3ccccc3)CC2)o1. The zero-order chi connectivity index (χ0) is 12.4. The highest BCUT2D eigenvalue weighted by molar-refractivity contribution is 5.39. The molecule has 1 aromatic carbocycles. The van der Waals surface area contributed by atoms with E-state index < -0.39 is 0 Å². The van der Waals surface area contributed by atoms with Crippen LogP contribution in [0.3, 0.4) is 0 Å². The van der Waals surface area contributed by atoms with Crippen LogP contribution < -0.4 is 5.73 Å². The Balaban J connectivity index is 1.84. The number of hydrogen-bond acceptors (Lipinski definition) is 3. The van der Waals surface area contributed by atoms with Crippen LogP contribution >= 0.6 is 0 Å². The Labute approximate surface area is 107 Å². The topological polar surface area (TPSA) is 52.0 Å². The minimum absolute atomic E-state index is 0.0925. The summed E-state index contributed by atoms with van der Waals surface area (Å²) in [7, 11) is 0. The number of aryl methyl sites for hydroxylation is 1. The third kappa shape index (κ3) is 1.95. The fraction of sp³-hybridized carbons (Fsp3) is 0.400. The van der Waals surface area contributed by atoms with E-state index >= 15 is 0 Å². The van der Waals surface area contributed by atoms with Crippen molar-refractivity contribution in [2.24, 2.45) is 5.73 Å². The highest BCUT2D eigenvalue weighted by Crippen LogP contribution is 2.53. The van der Waals surface area contributed by atoms with Gasteiger partial charge in [-0.25, -0.2) is 4.98 Å². The molecule has 1 aliphatic carbocycles. The van der Waals surface area contributed by atoms with Gasteiger partial charge in [0, 0.05) is 6.42 Å². The number of rotatable bonds is 5. The summed E-state index contributed by atoms with van der Waals surface area (Å²) in [6.45, 7) is 0.682. The summed E-state index contributed by atoms with van der Waals surface area (Å²) >= 11 is 0. The monoisotopic (exact) mass is 242 g/mol. The smallest absolute Gasteiger partial charge is 0.194 e. The van der Waals surface area contributed by atoms with Crippen LogP contribution in [0.4, 0.5) is 0 Å². The molecule has 0 saturated heterocycles. The van der Waals surface area contributed by atoms with E-state index in [2.05, 4.69) is 29.2 Å². The number of hydrogen-bond donors (Lipinski definition) is 1. The molecular formula is C15H18N2O. The number of benzene rings is 1. The van der Waals surface area contributed by atoms with E-state index in [0.29, 0.717) is 6.54 Å². The lowest BCUT2D eigenvalue weighted by atomic mass is 9.94. The van der Waals surface area contributed by atoms with Crippen molar-refractivity contribution in [1.29, 1.82) is 0 Å². The number of nitrogens with zero attached hydrogens (tertiary/aromatic N) is 1. The molecule has 0 spiro atoms. The van der Waals surface area contributed by atoms with Crippen LogP contribution in [0.1, 0.15) is 36.5 Å². The average Bonchev–Trinajstić information content (AvgIpc) is 3.10. The lowest BCUT2D eigenvalue weighted by Gasteiger charge is -2.11. The van der Waals surface area contributed by atoms with Gasteiger partial charge >= 0.3 is 0 Å². The zero-order valence-electron chi connectivity index (χ0n) is 10.4. The van der Waals surface area contributed by atoms with Crippen LogP contribution in [0.25, 0.3) is 0 Å². The summed E-state index contributed by atoms with van der Waals surface area (Å²) in [6.07, 6.45) is 5.97. The first-order chi connectivity index (χ1) is 8.85. The standard InChI is InChI=1S/C15H18N2O/c16-10-4-7-14-17-11-13(18-14)15(8-9-15)12-5-2-1-3-6-12/h1-3,5-6,11H,4,7-10,16H2. The maximum absolute atomic E-state index is 5.90. The number of nitrogens with two attached hydrogens (primary N) is 1. The van der Waals surface area contributed by atoms with Gasteiger partial charge in [-0.05, 0) is 31.4 Å². The first kappa shape index (κ1) is 11.5. The minimum Gasteiger partial charge on any atom is -0.445 e. The Morgan fingerprint density at radius 1 is 1.22 bits per heavy atom. The largest absolute Gasteiger partial charge is 0.445 e. The predicted molar refractivity (Wildman–Crippen MR) is 70.3 cm³/mol. The molecule has 94 valence electrons. The van der Waals surface area contributed by atoms with Crippen LogP contribution in [0, 0.1) is 0 Å². The van der Waals surface area contributed by atoms with E-state index in [1.807, 2.05) is 12.3 Å². The van der Waals surface area contributed by atoms with Crippen molar-refractivity contribution in [1.82, 2.24) is 4.98 Å². The van der Waals surface area contributed by atoms with Crippen molar-refractivity contribution in [2.45, 2.75) is 31.1 Å². The van der Waals surface area contributed by atoms with E-state index in [0.717, 1.165) is 37.3 Å². The molecule has 18 heavy (non-hydrogen) atoms. The highest BCUT2D eigenvalue weighted by Gasteiger charge is 2.48. The van der Waals surface area contributed by atoms with Gasteiger partial charge < -0.3 is 10.2 Å². The van der Waals surface area contributed by atoms with Crippen LogP contribution in [0.5, 0.6) is 0 Å². The van der Waals surface area contributed by atoms with Gasteiger partial charge in [-0.1, -0.05) is 30.3 Å². The van der Waals surface area contributed by atoms with Crippen molar-refractivity contribution in [3.05, 3.63) is 53.7 Å². The molecule has 1 heterocycles.